The predicted octanol–water partition coefficient (Wildman–Crippen LogP) is 1.92. The van der Waals surface area contributed by atoms with Crippen molar-refractivity contribution in [3.63, 3.8) is 0 Å². The van der Waals surface area contributed by atoms with Gasteiger partial charge in [-0.2, -0.15) is 0 Å². The summed E-state index contributed by atoms with van der Waals surface area (Å²) in [6, 6.07) is 3.04. The monoisotopic (exact) mass is 254 g/mol. The molecule has 0 saturated heterocycles. The van der Waals surface area contributed by atoms with E-state index in [0.29, 0.717) is 13.1 Å². The van der Waals surface area contributed by atoms with Gasteiger partial charge in [0.05, 0.1) is 0 Å². The highest BCUT2D eigenvalue weighted by Gasteiger charge is 2.29. The quantitative estimate of drug-likeness (QED) is 0.892. The lowest BCUT2D eigenvalue weighted by Crippen LogP contribution is -2.46. The number of hydrogen-bond donors (Lipinski definition) is 1. The summed E-state index contributed by atoms with van der Waals surface area (Å²) in [6.07, 6.45) is 2.95. The molecule has 0 radical (unpaired) electrons. The van der Waals surface area contributed by atoms with Crippen LogP contribution >= 0.6 is 0 Å². The summed E-state index contributed by atoms with van der Waals surface area (Å²) in [7, 11) is 0. The van der Waals surface area contributed by atoms with E-state index in [9.17, 15) is 13.6 Å². The Hall–Kier alpha value is -1.49. The number of carbonyl (C=O) groups excluding carboxylic acids is 1. The molecule has 98 valence electrons. The van der Waals surface area contributed by atoms with Crippen molar-refractivity contribution in [2.45, 2.75) is 25.3 Å². The van der Waals surface area contributed by atoms with Gasteiger partial charge < -0.3 is 10.6 Å². The van der Waals surface area contributed by atoms with Crippen LogP contribution in [-0.2, 0) is 0 Å². The Labute approximate surface area is 105 Å². The molecule has 2 rings (SSSR count). The van der Waals surface area contributed by atoms with E-state index in [1.807, 2.05) is 0 Å². The standard InChI is InChI=1S/C13H16F2N2O/c14-10-6-9(7-11(15)8-10)13(18)17(5-4-16)12-2-1-3-12/h6-8,12H,1-5,16H2. The fourth-order valence-electron chi connectivity index (χ4n) is 2.13. The van der Waals surface area contributed by atoms with E-state index in [-0.39, 0.29) is 17.5 Å². The zero-order chi connectivity index (χ0) is 13.1. The van der Waals surface area contributed by atoms with Crippen LogP contribution in [0.4, 0.5) is 8.78 Å². The molecule has 1 aromatic carbocycles. The average molecular weight is 254 g/mol. The number of amides is 1. The van der Waals surface area contributed by atoms with Crippen molar-refractivity contribution in [2.24, 2.45) is 5.73 Å². The van der Waals surface area contributed by atoms with Crippen LogP contribution in [0, 0.1) is 11.6 Å². The van der Waals surface area contributed by atoms with E-state index in [1.165, 1.54) is 0 Å². The number of hydrogen-bond acceptors (Lipinski definition) is 2. The smallest absolute Gasteiger partial charge is 0.254 e. The van der Waals surface area contributed by atoms with Gasteiger partial charge in [0, 0.05) is 30.8 Å². The van der Waals surface area contributed by atoms with E-state index in [0.717, 1.165) is 37.5 Å². The fraction of sp³-hybridized carbons (Fsp3) is 0.462. The Kier molecular flexibility index (Phi) is 3.91. The summed E-state index contributed by atoms with van der Waals surface area (Å²) >= 11 is 0. The van der Waals surface area contributed by atoms with Crippen LogP contribution in [0.15, 0.2) is 18.2 Å². The molecule has 0 bridgehead atoms. The Morgan fingerprint density at radius 2 is 1.89 bits per heavy atom. The zero-order valence-corrected chi connectivity index (χ0v) is 10.0. The van der Waals surface area contributed by atoms with E-state index in [1.54, 1.807) is 4.90 Å². The van der Waals surface area contributed by atoms with Crippen molar-refractivity contribution in [3.8, 4) is 0 Å². The number of nitrogens with two attached hydrogens (primary N) is 1. The number of benzene rings is 1. The predicted molar refractivity (Wildman–Crippen MR) is 64.1 cm³/mol. The Morgan fingerprint density at radius 1 is 1.28 bits per heavy atom. The maximum absolute atomic E-state index is 13.1. The highest BCUT2D eigenvalue weighted by Crippen LogP contribution is 2.26. The summed E-state index contributed by atoms with van der Waals surface area (Å²) in [5.74, 6) is -1.82. The highest BCUT2D eigenvalue weighted by molar-refractivity contribution is 5.94. The molecule has 1 aromatic rings. The molecule has 0 atom stereocenters. The summed E-state index contributed by atoms with van der Waals surface area (Å²) in [6.45, 7) is 0.766. The lowest BCUT2D eigenvalue weighted by Gasteiger charge is -2.37. The molecule has 2 N–H and O–H groups in total. The summed E-state index contributed by atoms with van der Waals surface area (Å²) in [5.41, 5.74) is 5.53. The van der Waals surface area contributed by atoms with Crippen LogP contribution < -0.4 is 5.73 Å². The second-order valence-corrected chi connectivity index (χ2v) is 4.53. The van der Waals surface area contributed by atoms with E-state index >= 15 is 0 Å². The van der Waals surface area contributed by atoms with Gasteiger partial charge in [-0.15, -0.1) is 0 Å². The van der Waals surface area contributed by atoms with Gasteiger partial charge in [-0.3, -0.25) is 4.79 Å². The van der Waals surface area contributed by atoms with Crippen molar-refractivity contribution < 1.29 is 13.6 Å². The molecule has 0 spiro atoms. The minimum atomic E-state index is -0.736. The molecule has 3 nitrogen and oxygen atoms in total. The van der Waals surface area contributed by atoms with Gasteiger partial charge in [-0.25, -0.2) is 8.78 Å². The molecule has 1 saturated carbocycles. The van der Waals surface area contributed by atoms with Gasteiger partial charge in [0.1, 0.15) is 11.6 Å². The van der Waals surface area contributed by atoms with Gasteiger partial charge in [0.15, 0.2) is 0 Å². The number of carbonyl (C=O) groups is 1. The van der Waals surface area contributed by atoms with Crippen LogP contribution in [-0.4, -0.2) is 29.9 Å². The second-order valence-electron chi connectivity index (χ2n) is 4.53. The normalized spacial score (nSPS) is 15.3. The van der Waals surface area contributed by atoms with E-state index in [2.05, 4.69) is 0 Å². The first-order chi connectivity index (χ1) is 8.61. The van der Waals surface area contributed by atoms with Crippen LogP contribution in [0.5, 0.6) is 0 Å². The van der Waals surface area contributed by atoms with Gasteiger partial charge in [0.25, 0.3) is 5.91 Å². The summed E-state index contributed by atoms with van der Waals surface area (Å²) in [4.78, 5) is 13.8. The maximum atomic E-state index is 13.1. The third kappa shape index (κ3) is 2.67. The first kappa shape index (κ1) is 13.0. The molecule has 1 aliphatic carbocycles. The first-order valence-electron chi connectivity index (χ1n) is 6.09. The van der Waals surface area contributed by atoms with Gasteiger partial charge in [-0.1, -0.05) is 0 Å². The molecule has 1 aliphatic rings. The minimum absolute atomic E-state index is 0.0489. The van der Waals surface area contributed by atoms with Crippen molar-refractivity contribution in [2.75, 3.05) is 13.1 Å². The number of rotatable bonds is 4. The lowest BCUT2D eigenvalue weighted by atomic mass is 9.91. The summed E-state index contributed by atoms with van der Waals surface area (Å²) in [5, 5.41) is 0. The number of nitrogens with zero attached hydrogens (tertiary/aromatic N) is 1. The maximum Gasteiger partial charge on any atom is 0.254 e. The molecular formula is C13H16F2N2O. The molecule has 0 aliphatic heterocycles. The van der Waals surface area contributed by atoms with E-state index < -0.39 is 11.6 Å². The third-order valence-corrected chi connectivity index (χ3v) is 3.26. The Bertz CT molecular complexity index is 426. The summed E-state index contributed by atoms with van der Waals surface area (Å²) < 4.78 is 26.2. The topological polar surface area (TPSA) is 46.3 Å². The number of halogens is 2. The van der Waals surface area contributed by atoms with Crippen LogP contribution in [0.25, 0.3) is 0 Å². The molecule has 0 heterocycles. The van der Waals surface area contributed by atoms with Gasteiger partial charge in [-0.05, 0) is 31.4 Å². The van der Waals surface area contributed by atoms with Gasteiger partial charge in [0.2, 0.25) is 0 Å². The van der Waals surface area contributed by atoms with Gasteiger partial charge >= 0.3 is 0 Å². The molecule has 1 fully saturated rings. The molecule has 0 unspecified atom stereocenters. The largest absolute Gasteiger partial charge is 0.334 e. The minimum Gasteiger partial charge on any atom is -0.334 e. The van der Waals surface area contributed by atoms with Crippen LogP contribution in [0.2, 0.25) is 0 Å². The molecule has 0 aromatic heterocycles. The van der Waals surface area contributed by atoms with Crippen LogP contribution in [0.1, 0.15) is 29.6 Å². The van der Waals surface area contributed by atoms with Crippen LogP contribution in [0.3, 0.4) is 0 Å². The molecular weight excluding hydrogens is 238 g/mol. The second kappa shape index (κ2) is 5.44. The van der Waals surface area contributed by atoms with Crippen molar-refractivity contribution in [1.82, 2.24) is 4.90 Å². The molecule has 5 heteroatoms. The molecule has 1 amide bonds. The zero-order valence-electron chi connectivity index (χ0n) is 10.0. The van der Waals surface area contributed by atoms with Crippen molar-refractivity contribution in [1.29, 1.82) is 0 Å². The van der Waals surface area contributed by atoms with Crippen molar-refractivity contribution in [3.05, 3.63) is 35.4 Å². The highest BCUT2D eigenvalue weighted by atomic mass is 19.1. The van der Waals surface area contributed by atoms with E-state index in [4.69, 9.17) is 5.73 Å². The SMILES string of the molecule is NCCN(C(=O)c1cc(F)cc(F)c1)C1CCC1. The Morgan fingerprint density at radius 3 is 2.33 bits per heavy atom. The fourth-order valence-corrected chi connectivity index (χ4v) is 2.13. The third-order valence-electron chi connectivity index (χ3n) is 3.26. The first-order valence-corrected chi connectivity index (χ1v) is 6.09. The Balaban J connectivity index is 2.21. The average Bonchev–Trinajstić information content (AvgIpc) is 2.23. The lowest BCUT2D eigenvalue weighted by molar-refractivity contribution is 0.0587. The molecule has 18 heavy (non-hydrogen) atoms. The van der Waals surface area contributed by atoms with Crippen molar-refractivity contribution >= 4 is 5.91 Å².